The first-order valence-corrected chi connectivity index (χ1v) is 6.34. The number of rotatable bonds is 3. The van der Waals surface area contributed by atoms with E-state index in [1.807, 2.05) is 11.3 Å². The quantitative estimate of drug-likeness (QED) is 0.846. The van der Waals surface area contributed by atoms with E-state index >= 15 is 0 Å². The van der Waals surface area contributed by atoms with Gasteiger partial charge in [0.2, 0.25) is 0 Å². The summed E-state index contributed by atoms with van der Waals surface area (Å²) in [5.74, 6) is 0.480. The van der Waals surface area contributed by atoms with Crippen LogP contribution in [-0.4, -0.2) is 6.54 Å². The van der Waals surface area contributed by atoms with Crippen LogP contribution in [0.2, 0.25) is 0 Å². The van der Waals surface area contributed by atoms with Crippen molar-refractivity contribution in [2.75, 3.05) is 6.54 Å². The first-order valence-electron chi connectivity index (χ1n) is 4.65. The maximum Gasteiger partial charge on any atom is 0.0445 e. The molecule has 0 aliphatic rings. The predicted molar refractivity (Wildman–Crippen MR) is 65.1 cm³/mol. The van der Waals surface area contributed by atoms with E-state index in [4.69, 9.17) is 5.73 Å². The maximum absolute atomic E-state index is 5.64. The summed E-state index contributed by atoms with van der Waals surface area (Å²) in [6.45, 7) is 2.90. The third-order valence-corrected chi connectivity index (χ3v) is 4.61. The van der Waals surface area contributed by atoms with Crippen molar-refractivity contribution in [1.82, 2.24) is 0 Å². The molecule has 74 valence electrons. The molecule has 2 N–H and O–H groups in total. The molecular formula is C11H13NS2. The van der Waals surface area contributed by atoms with Gasteiger partial charge in [0.15, 0.2) is 0 Å². The number of thiophene rings is 2. The molecule has 2 aromatic rings. The summed E-state index contributed by atoms with van der Waals surface area (Å²) in [5, 5.41) is 2.11. The van der Waals surface area contributed by atoms with Crippen LogP contribution in [0.1, 0.15) is 17.7 Å². The van der Waals surface area contributed by atoms with E-state index in [-0.39, 0.29) is 0 Å². The second-order valence-corrected chi connectivity index (χ2v) is 5.38. The summed E-state index contributed by atoms with van der Waals surface area (Å²) in [4.78, 5) is 4.09. The molecule has 0 aliphatic heterocycles. The molecular weight excluding hydrogens is 210 g/mol. The van der Waals surface area contributed by atoms with Crippen LogP contribution in [0.15, 0.2) is 29.6 Å². The van der Waals surface area contributed by atoms with Gasteiger partial charge >= 0.3 is 0 Å². The standard InChI is InChI=1S/C11H13NS2/c1-8(7-12)9-4-5-11(14-9)10-3-2-6-13-10/h2-6,8H,7,12H2,1H3/t8-/m1/s1. The van der Waals surface area contributed by atoms with Crippen molar-refractivity contribution in [2.24, 2.45) is 5.73 Å². The van der Waals surface area contributed by atoms with Gasteiger partial charge in [-0.3, -0.25) is 0 Å². The minimum Gasteiger partial charge on any atom is -0.330 e. The monoisotopic (exact) mass is 223 g/mol. The van der Waals surface area contributed by atoms with Gasteiger partial charge in [-0.15, -0.1) is 22.7 Å². The average molecular weight is 223 g/mol. The highest BCUT2D eigenvalue weighted by molar-refractivity contribution is 7.21. The molecule has 0 saturated heterocycles. The van der Waals surface area contributed by atoms with Crippen LogP contribution in [0.25, 0.3) is 9.75 Å². The van der Waals surface area contributed by atoms with Crippen molar-refractivity contribution >= 4 is 22.7 Å². The molecule has 0 bridgehead atoms. The first kappa shape index (κ1) is 9.90. The smallest absolute Gasteiger partial charge is 0.0445 e. The van der Waals surface area contributed by atoms with Crippen molar-refractivity contribution in [2.45, 2.75) is 12.8 Å². The van der Waals surface area contributed by atoms with E-state index in [0.29, 0.717) is 5.92 Å². The zero-order valence-electron chi connectivity index (χ0n) is 8.07. The van der Waals surface area contributed by atoms with E-state index in [2.05, 4.69) is 36.6 Å². The van der Waals surface area contributed by atoms with Crippen LogP contribution in [0.3, 0.4) is 0 Å². The van der Waals surface area contributed by atoms with Crippen molar-refractivity contribution in [1.29, 1.82) is 0 Å². The lowest BCUT2D eigenvalue weighted by atomic mass is 10.1. The zero-order chi connectivity index (χ0) is 9.97. The Kier molecular flexibility index (Phi) is 3.01. The fraction of sp³-hybridized carbons (Fsp3) is 0.273. The molecule has 2 heterocycles. The normalized spacial score (nSPS) is 13.0. The summed E-state index contributed by atoms with van der Waals surface area (Å²) >= 11 is 3.64. The van der Waals surface area contributed by atoms with Gasteiger partial charge in [0, 0.05) is 20.5 Å². The van der Waals surface area contributed by atoms with E-state index in [9.17, 15) is 0 Å². The Labute approximate surface area is 92.2 Å². The van der Waals surface area contributed by atoms with Gasteiger partial charge in [-0.25, -0.2) is 0 Å². The maximum atomic E-state index is 5.64. The fourth-order valence-electron chi connectivity index (χ4n) is 1.29. The molecule has 2 rings (SSSR count). The molecule has 2 aromatic heterocycles. The second-order valence-electron chi connectivity index (χ2n) is 3.32. The molecule has 0 amide bonds. The van der Waals surface area contributed by atoms with Crippen LogP contribution in [-0.2, 0) is 0 Å². The third-order valence-electron chi connectivity index (χ3n) is 2.23. The minimum absolute atomic E-state index is 0.480. The van der Waals surface area contributed by atoms with Crippen LogP contribution in [0, 0.1) is 0 Å². The second kappa shape index (κ2) is 4.26. The molecule has 1 atom stereocenters. The highest BCUT2D eigenvalue weighted by Crippen LogP contribution is 2.34. The summed E-state index contributed by atoms with van der Waals surface area (Å²) in [7, 11) is 0. The zero-order valence-corrected chi connectivity index (χ0v) is 9.70. The Hall–Kier alpha value is -0.640. The highest BCUT2D eigenvalue weighted by atomic mass is 32.1. The first-order chi connectivity index (χ1) is 6.81. The van der Waals surface area contributed by atoms with Crippen molar-refractivity contribution in [3.05, 3.63) is 34.5 Å². The van der Waals surface area contributed by atoms with Crippen LogP contribution >= 0.6 is 22.7 Å². The lowest BCUT2D eigenvalue weighted by Crippen LogP contribution is -2.06. The Morgan fingerprint density at radius 3 is 2.79 bits per heavy atom. The highest BCUT2D eigenvalue weighted by Gasteiger charge is 2.08. The molecule has 0 radical (unpaired) electrons. The molecule has 0 unspecified atom stereocenters. The SMILES string of the molecule is C[C@H](CN)c1ccc(-c2cccs2)s1. The Morgan fingerprint density at radius 2 is 2.14 bits per heavy atom. The van der Waals surface area contributed by atoms with Crippen molar-refractivity contribution < 1.29 is 0 Å². The molecule has 0 fully saturated rings. The molecule has 1 nitrogen and oxygen atoms in total. The number of hydrogen-bond acceptors (Lipinski definition) is 3. The molecule has 0 aromatic carbocycles. The lowest BCUT2D eigenvalue weighted by molar-refractivity contribution is 0.790. The summed E-state index contributed by atoms with van der Waals surface area (Å²) in [5.41, 5.74) is 5.64. The minimum atomic E-state index is 0.480. The van der Waals surface area contributed by atoms with Crippen molar-refractivity contribution in [3.8, 4) is 9.75 Å². The summed E-state index contributed by atoms with van der Waals surface area (Å²) in [6, 6.07) is 8.63. The van der Waals surface area contributed by atoms with Gasteiger partial charge in [0.25, 0.3) is 0 Å². The van der Waals surface area contributed by atoms with E-state index in [1.54, 1.807) is 11.3 Å². The van der Waals surface area contributed by atoms with Gasteiger partial charge in [0.1, 0.15) is 0 Å². The van der Waals surface area contributed by atoms with E-state index < -0.39 is 0 Å². The Bertz CT molecular complexity index is 389. The van der Waals surface area contributed by atoms with Gasteiger partial charge in [-0.1, -0.05) is 13.0 Å². The number of nitrogens with two attached hydrogens (primary N) is 1. The molecule has 0 saturated carbocycles. The molecule has 14 heavy (non-hydrogen) atoms. The average Bonchev–Trinajstić information content (AvgIpc) is 2.86. The van der Waals surface area contributed by atoms with Gasteiger partial charge < -0.3 is 5.73 Å². The molecule has 3 heteroatoms. The summed E-state index contributed by atoms with van der Waals surface area (Å²) < 4.78 is 0. The predicted octanol–water partition coefficient (Wildman–Crippen LogP) is 3.54. The summed E-state index contributed by atoms with van der Waals surface area (Å²) in [6.07, 6.45) is 0. The third kappa shape index (κ3) is 1.90. The van der Waals surface area contributed by atoms with E-state index in [0.717, 1.165) is 6.54 Å². The van der Waals surface area contributed by atoms with Crippen molar-refractivity contribution in [3.63, 3.8) is 0 Å². The van der Waals surface area contributed by atoms with Gasteiger partial charge in [0.05, 0.1) is 0 Å². The van der Waals surface area contributed by atoms with E-state index in [1.165, 1.54) is 14.6 Å². The topological polar surface area (TPSA) is 26.0 Å². The Morgan fingerprint density at radius 1 is 1.29 bits per heavy atom. The van der Waals surface area contributed by atoms with Crippen LogP contribution < -0.4 is 5.73 Å². The van der Waals surface area contributed by atoms with Gasteiger partial charge in [-0.05, 0) is 30.1 Å². The molecule has 0 aliphatic carbocycles. The van der Waals surface area contributed by atoms with Crippen LogP contribution in [0.5, 0.6) is 0 Å². The largest absolute Gasteiger partial charge is 0.330 e. The fourth-order valence-corrected chi connectivity index (χ4v) is 3.19. The van der Waals surface area contributed by atoms with Gasteiger partial charge in [-0.2, -0.15) is 0 Å². The molecule has 0 spiro atoms. The number of hydrogen-bond donors (Lipinski definition) is 1. The lowest BCUT2D eigenvalue weighted by Gasteiger charge is -2.03. The Balaban J connectivity index is 2.26. The van der Waals surface area contributed by atoms with Crippen LogP contribution in [0.4, 0.5) is 0 Å².